The van der Waals surface area contributed by atoms with Gasteiger partial charge in [-0.3, -0.25) is 0 Å². The molecule has 0 N–H and O–H groups in total. The zero-order valence-corrected chi connectivity index (χ0v) is 9.66. The van der Waals surface area contributed by atoms with Gasteiger partial charge in [-0.1, -0.05) is 49.1 Å². The molecule has 0 aliphatic carbocycles. The molecule has 0 saturated carbocycles. The molecule has 2 heteroatoms. The normalized spacial score (nSPS) is 10.6. The molecule has 1 aromatic heterocycles. The van der Waals surface area contributed by atoms with Crippen molar-refractivity contribution in [3.05, 3.63) is 72.9 Å². The van der Waals surface area contributed by atoms with Crippen molar-refractivity contribution in [1.82, 2.24) is 0 Å². The van der Waals surface area contributed by atoms with Crippen LogP contribution in [0.3, 0.4) is 0 Å². The molecule has 0 spiro atoms. The van der Waals surface area contributed by atoms with E-state index in [1.807, 2.05) is 71.6 Å². The average molecular weight is 223 g/mol. The summed E-state index contributed by atoms with van der Waals surface area (Å²) in [6.07, 6.45) is 5.73. The zero-order chi connectivity index (χ0) is 11.9. The second-order valence-electron chi connectivity index (χ2n) is 3.67. The summed E-state index contributed by atoms with van der Waals surface area (Å²) in [5.41, 5.74) is 1.10. The third kappa shape index (κ3) is 3.11. The van der Waals surface area contributed by atoms with Crippen molar-refractivity contribution in [3.63, 3.8) is 0 Å². The van der Waals surface area contributed by atoms with Crippen LogP contribution in [0.2, 0.25) is 0 Å². The molecule has 0 amide bonds. The second-order valence-corrected chi connectivity index (χ2v) is 3.67. The molecule has 2 rings (SSSR count). The molecule has 1 aromatic carbocycles. The minimum absolute atomic E-state index is 0.766. The fraction of sp³-hybridized carbons (Fsp3) is 0.0667. The summed E-state index contributed by atoms with van der Waals surface area (Å²) in [6.45, 7) is 4.51. The van der Waals surface area contributed by atoms with E-state index in [1.165, 1.54) is 0 Å². The zero-order valence-electron chi connectivity index (χ0n) is 9.66. The number of nitrogens with zero attached hydrogens (tertiary/aromatic N) is 2. The number of aliphatic imine (C=N–C) groups is 1. The van der Waals surface area contributed by atoms with Gasteiger partial charge in [0.2, 0.25) is 0 Å². The van der Waals surface area contributed by atoms with Crippen LogP contribution < -0.4 is 4.57 Å². The molecule has 0 aliphatic rings. The Morgan fingerprint density at radius 1 is 1.06 bits per heavy atom. The largest absolute Gasteiger partial charge is 0.323 e. The van der Waals surface area contributed by atoms with Gasteiger partial charge in [-0.15, -0.1) is 0 Å². The molecule has 0 unspecified atom stereocenters. The first-order valence-electron chi connectivity index (χ1n) is 5.58. The van der Waals surface area contributed by atoms with Crippen LogP contribution >= 0.6 is 0 Å². The lowest BCUT2D eigenvalue weighted by molar-refractivity contribution is -0.674. The molecular formula is C15H15N2+. The molecule has 0 fully saturated rings. The van der Waals surface area contributed by atoms with Crippen LogP contribution in [0.5, 0.6) is 0 Å². The molecule has 0 atom stereocenters. The maximum Gasteiger partial charge on any atom is 0.323 e. The van der Waals surface area contributed by atoms with Crippen molar-refractivity contribution in [1.29, 1.82) is 0 Å². The second kappa shape index (κ2) is 5.75. The van der Waals surface area contributed by atoms with Gasteiger partial charge < -0.3 is 0 Å². The van der Waals surface area contributed by atoms with Crippen molar-refractivity contribution in [2.24, 2.45) is 4.99 Å². The van der Waals surface area contributed by atoms with Gasteiger partial charge >= 0.3 is 5.82 Å². The Bertz CT molecular complexity index is 515. The summed E-state index contributed by atoms with van der Waals surface area (Å²) in [5.74, 6) is 0.927. The fourth-order valence-electron chi connectivity index (χ4n) is 1.56. The Labute approximate surface area is 102 Å². The standard InChI is InChI=1S/C15H15N2/c1-2-11-17-12-7-6-10-15(17)16-13-14-8-4-3-5-9-14/h2-10,12-13H,1,11H2/q+1. The van der Waals surface area contributed by atoms with E-state index in [1.54, 1.807) is 0 Å². The molecule has 84 valence electrons. The molecule has 2 aromatic rings. The molecule has 1 heterocycles. The van der Waals surface area contributed by atoms with Gasteiger partial charge in [0.15, 0.2) is 0 Å². The summed E-state index contributed by atoms with van der Waals surface area (Å²) >= 11 is 0. The first-order valence-corrected chi connectivity index (χ1v) is 5.58. The van der Waals surface area contributed by atoms with Crippen LogP contribution in [-0.2, 0) is 6.54 Å². The molecule has 0 aliphatic heterocycles. The van der Waals surface area contributed by atoms with E-state index in [9.17, 15) is 0 Å². The van der Waals surface area contributed by atoms with Crippen LogP contribution in [0.1, 0.15) is 5.56 Å². The number of hydrogen-bond acceptors (Lipinski definition) is 1. The third-order valence-electron chi connectivity index (χ3n) is 2.39. The van der Waals surface area contributed by atoms with Crippen molar-refractivity contribution in [2.45, 2.75) is 6.54 Å². The highest BCUT2D eigenvalue weighted by Crippen LogP contribution is 2.04. The van der Waals surface area contributed by atoms with Gasteiger partial charge in [0.1, 0.15) is 12.8 Å². The highest BCUT2D eigenvalue weighted by atomic mass is 15.0. The number of allylic oxidation sites excluding steroid dienone is 1. The van der Waals surface area contributed by atoms with Crippen molar-refractivity contribution < 1.29 is 4.57 Å². The highest BCUT2D eigenvalue weighted by molar-refractivity contribution is 5.81. The van der Waals surface area contributed by atoms with Gasteiger partial charge in [-0.05, 0) is 11.1 Å². The van der Waals surface area contributed by atoms with Crippen LogP contribution in [0.25, 0.3) is 0 Å². The van der Waals surface area contributed by atoms with Gasteiger partial charge in [-0.2, -0.15) is 0 Å². The quantitative estimate of drug-likeness (QED) is 0.430. The molecule has 0 saturated heterocycles. The first-order chi connectivity index (χ1) is 8.40. The Kier molecular flexibility index (Phi) is 3.81. The number of hydrogen-bond donors (Lipinski definition) is 0. The fourth-order valence-corrected chi connectivity index (χ4v) is 1.56. The van der Waals surface area contributed by atoms with Gasteiger partial charge in [0, 0.05) is 11.6 Å². The maximum atomic E-state index is 4.49. The molecule has 2 nitrogen and oxygen atoms in total. The summed E-state index contributed by atoms with van der Waals surface area (Å²) in [6, 6.07) is 16.0. The SMILES string of the molecule is C=CC[n+]1ccccc1/N=C/c1ccccc1. The number of benzene rings is 1. The maximum absolute atomic E-state index is 4.49. The van der Waals surface area contributed by atoms with Crippen molar-refractivity contribution in [2.75, 3.05) is 0 Å². The molecule has 17 heavy (non-hydrogen) atoms. The lowest BCUT2D eigenvalue weighted by atomic mass is 10.2. The van der Waals surface area contributed by atoms with E-state index in [0.717, 1.165) is 17.9 Å². The average Bonchev–Trinajstić information content (AvgIpc) is 2.39. The number of aromatic nitrogens is 1. The van der Waals surface area contributed by atoms with E-state index in [-0.39, 0.29) is 0 Å². The molecule has 0 bridgehead atoms. The number of pyridine rings is 1. The van der Waals surface area contributed by atoms with Crippen LogP contribution in [-0.4, -0.2) is 6.21 Å². The summed E-state index contributed by atoms with van der Waals surface area (Å²) in [7, 11) is 0. The Morgan fingerprint density at radius 2 is 1.82 bits per heavy atom. The highest BCUT2D eigenvalue weighted by Gasteiger charge is 2.04. The van der Waals surface area contributed by atoms with E-state index in [2.05, 4.69) is 11.6 Å². The Balaban J connectivity index is 2.24. The van der Waals surface area contributed by atoms with Gasteiger partial charge in [0.25, 0.3) is 0 Å². The smallest absolute Gasteiger partial charge is 0.227 e. The Hall–Kier alpha value is -2.22. The summed E-state index contributed by atoms with van der Waals surface area (Å²) < 4.78 is 2.05. The lowest BCUT2D eigenvalue weighted by Crippen LogP contribution is -2.32. The minimum atomic E-state index is 0.766. The van der Waals surface area contributed by atoms with Crippen molar-refractivity contribution >= 4 is 12.0 Å². The Morgan fingerprint density at radius 3 is 2.59 bits per heavy atom. The molecular weight excluding hydrogens is 208 g/mol. The number of rotatable bonds is 4. The van der Waals surface area contributed by atoms with Gasteiger partial charge in [-0.25, -0.2) is 4.57 Å². The van der Waals surface area contributed by atoms with Crippen LogP contribution in [0.15, 0.2) is 72.4 Å². The lowest BCUT2D eigenvalue weighted by Gasteiger charge is -1.96. The van der Waals surface area contributed by atoms with Gasteiger partial charge in [0.05, 0.1) is 6.20 Å². The van der Waals surface area contributed by atoms with Crippen LogP contribution in [0, 0.1) is 0 Å². The monoisotopic (exact) mass is 223 g/mol. The van der Waals surface area contributed by atoms with Crippen molar-refractivity contribution in [3.8, 4) is 0 Å². The first kappa shape index (κ1) is 11.3. The summed E-state index contributed by atoms with van der Waals surface area (Å²) in [5, 5.41) is 0. The summed E-state index contributed by atoms with van der Waals surface area (Å²) in [4.78, 5) is 4.49. The molecule has 0 radical (unpaired) electrons. The van der Waals surface area contributed by atoms with Crippen LogP contribution in [0.4, 0.5) is 5.82 Å². The third-order valence-corrected chi connectivity index (χ3v) is 2.39. The van der Waals surface area contributed by atoms with E-state index in [0.29, 0.717) is 0 Å². The van der Waals surface area contributed by atoms with E-state index in [4.69, 9.17) is 0 Å². The van der Waals surface area contributed by atoms with E-state index < -0.39 is 0 Å². The predicted molar refractivity (Wildman–Crippen MR) is 70.5 cm³/mol. The minimum Gasteiger partial charge on any atom is -0.227 e. The van der Waals surface area contributed by atoms with E-state index >= 15 is 0 Å². The predicted octanol–water partition coefficient (Wildman–Crippen LogP) is 2.91. The topological polar surface area (TPSA) is 16.2 Å².